The summed E-state index contributed by atoms with van der Waals surface area (Å²) in [6.07, 6.45) is 10.4. The first kappa shape index (κ1) is 14.5. The van der Waals surface area contributed by atoms with Crippen LogP contribution in [0.5, 0.6) is 0 Å². The standard InChI is InChI=1S/C13H24.C2H4O2/c1-12(2)8-6-10-13(3)9-5-4-7-11(12)13;1-2(3)4/h11H,4-10H2,1-3H3;1H3,(H,3,4)/t11?,13-;/m0./s1. The van der Waals surface area contributed by atoms with Crippen LogP contribution in [0, 0.1) is 16.7 Å². The smallest absolute Gasteiger partial charge is 0.300 e. The van der Waals surface area contributed by atoms with E-state index in [1.165, 1.54) is 44.9 Å². The molecule has 2 fully saturated rings. The van der Waals surface area contributed by atoms with Gasteiger partial charge in [0.2, 0.25) is 0 Å². The molecule has 0 amide bonds. The molecule has 2 saturated carbocycles. The molecule has 0 aliphatic heterocycles. The Kier molecular flexibility index (Phi) is 4.62. The van der Waals surface area contributed by atoms with Gasteiger partial charge in [0, 0.05) is 6.92 Å². The van der Waals surface area contributed by atoms with E-state index < -0.39 is 5.97 Å². The second-order valence-corrected chi connectivity index (χ2v) is 6.81. The predicted molar refractivity (Wildman–Crippen MR) is 71.0 cm³/mol. The summed E-state index contributed by atoms with van der Waals surface area (Å²) >= 11 is 0. The third-order valence-corrected chi connectivity index (χ3v) is 4.84. The van der Waals surface area contributed by atoms with Crippen molar-refractivity contribution in [3.63, 3.8) is 0 Å². The largest absolute Gasteiger partial charge is 0.481 e. The van der Waals surface area contributed by atoms with E-state index in [9.17, 15) is 0 Å². The molecule has 2 nitrogen and oxygen atoms in total. The molecule has 0 heterocycles. The van der Waals surface area contributed by atoms with Crippen molar-refractivity contribution in [3.05, 3.63) is 0 Å². The number of carboxylic acid groups (broad SMARTS) is 1. The van der Waals surface area contributed by atoms with Crippen LogP contribution in [0.2, 0.25) is 0 Å². The molecule has 1 N–H and O–H groups in total. The minimum atomic E-state index is -0.833. The number of hydrogen-bond acceptors (Lipinski definition) is 1. The van der Waals surface area contributed by atoms with Gasteiger partial charge < -0.3 is 5.11 Å². The number of fused-ring (bicyclic) bond motifs is 1. The minimum Gasteiger partial charge on any atom is -0.481 e. The lowest BCUT2D eigenvalue weighted by Crippen LogP contribution is -2.43. The van der Waals surface area contributed by atoms with E-state index in [0.717, 1.165) is 12.8 Å². The summed E-state index contributed by atoms with van der Waals surface area (Å²) in [6, 6.07) is 0. The number of rotatable bonds is 0. The van der Waals surface area contributed by atoms with Crippen molar-refractivity contribution >= 4 is 5.97 Å². The fourth-order valence-electron chi connectivity index (χ4n) is 4.16. The zero-order valence-corrected chi connectivity index (χ0v) is 11.9. The Morgan fingerprint density at radius 2 is 1.59 bits per heavy atom. The maximum atomic E-state index is 9.00. The number of aliphatic carboxylic acids is 1. The summed E-state index contributed by atoms with van der Waals surface area (Å²) in [5.74, 6) is 0.183. The zero-order valence-electron chi connectivity index (χ0n) is 11.9. The quantitative estimate of drug-likeness (QED) is 0.677. The molecule has 1 unspecified atom stereocenters. The maximum absolute atomic E-state index is 9.00. The zero-order chi connectivity index (χ0) is 13.1. The Hall–Kier alpha value is -0.530. The van der Waals surface area contributed by atoms with Gasteiger partial charge in [0.15, 0.2) is 0 Å². The molecule has 2 aliphatic rings. The molecule has 0 bridgehead atoms. The average Bonchev–Trinajstić information content (AvgIpc) is 2.15. The number of carbonyl (C=O) groups is 1. The van der Waals surface area contributed by atoms with Crippen LogP contribution < -0.4 is 0 Å². The summed E-state index contributed by atoms with van der Waals surface area (Å²) < 4.78 is 0. The molecule has 0 aromatic rings. The molecule has 0 radical (unpaired) electrons. The fourth-order valence-corrected chi connectivity index (χ4v) is 4.16. The van der Waals surface area contributed by atoms with Crippen molar-refractivity contribution < 1.29 is 9.90 Å². The summed E-state index contributed by atoms with van der Waals surface area (Å²) in [6.45, 7) is 8.64. The first-order valence-corrected chi connectivity index (χ1v) is 6.97. The van der Waals surface area contributed by atoms with Gasteiger partial charge >= 0.3 is 0 Å². The molecule has 0 aromatic heterocycles. The van der Waals surface area contributed by atoms with Crippen LogP contribution in [-0.4, -0.2) is 11.1 Å². The molecular weight excluding hydrogens is 212 g/mol. The van der Waals surface area contributed by atoms with Crippen LogP contribution in [0.3, 0.4) is 0 Å². The van der Waals surface area contributed by atoms with Gasteiger partial charge in [-0.3, -0.25) is 4.79 Å². The Morgan fingerprint density at radius 1 is 1.06 bits per heavy atom. The second kappa shape index (κ2) is 5.41. The molecule has 2 aliphatic carbocycles. The van der Waals surface area contributed by atoms with Crippen LogP contribution in [0.15, 0.2) is 0 Å². The molecular formula is C15H28O2. The third kappa shape index (κ3) is 3.72. The molecule has 2 heteroatoms. The van der Waals surface area contributed by atoms with Gasteiger partial charge in [-0.15, -0.1) is 0 Å². The molecule has 2 rings (SSSR count). The van der Waals surface area contributed by atoms with Gasteiger partial charge in [-0.2, -0.15) is 0 Å². The Morgan fingerprint density at radius 3 is 2.12 bits per heavy atom. The van der Waals surface area contributed by atoms with Crippen LogP contribution in [0.25, 0.3) is 0 Å². The highest BCUT2D eigenvalue weighted by Crippen LogP contribution is 2.57. The van der Waals surface area contributed by atoms with E-state index in [-0.39, 0.29) is 0 Å². The van der Waals surface area contributed by atoms with Crippen molar-refractivity contribution in [1.29, 1.82) is 0 Å². The van der Waals surface area contributed by atoms with Crippen molar-refractivity contribution in [2.24, 2.45) is 16.7 Å². The third-order valence-electron chi connectivity index (χ3n) is 4.84. The van der Waals surface area contributed by atoms with E-state index in [1.54, 1.807) is 0 Å². The lowest BCUT2D eigenvalue weighted by molar-refractivity contribution is -0.134. The highest BCUT2D eigenvalue weighted by atomic mass is 16.4. The molecule has 0 spiro atoms. The topological polar surface area (TPSA) is 37.3 Å². The van der Waals surface area contributed by atoms with Crippen LogP contribution >= 0.6 is 0 Å². The molecule has 0 saturated heterocycles. The Bertz CT molecular complexity index is 262. The fraction of sp³-hybridized carbons (Fsp3) is 0.933. The van der Waals surface area contributed by atoms with E-state index in [2.05, 4.69) is 20.8 Å². The van der Waals surface area contributed by atoms with Crippen molar-refractivity contribution in [2.75, 3.05) is 0 Å². The van der Waals surface area contributed by atoms with Gasteiger partial charge in [-0.25, -0.2) is 0 Å². The Balaban J connectivity index is 0.000000317. The van der Waals surface area contributed by atoms with Crippen molar-refractivity contribution in [1.82, 2.24) is 0 Å². The van der Waals surface area contributed by atoms with Gasteiger partial charge in [0.05, 0.1) is 0 Å². The highest BCUT2D eigenvalue weighted by molar-refractivity contribution is 5.62. The van der Waals surface area contributed by atoms with Crippen molar-refractivity contribution in [3.8, 4) is 0 Å². The van der Waals surface area contributed by atoms with Crippen LogP contribution in [-0.2, 0) is 4.79 Å². The summed E-state index contributed by atoms with van der Waals surface area (Å²) in [4.78, 5) is 9.00. The van der Waals surface area contributed by atoms with Crippen LogP contribution in [0.4, 0.5) is 0 Å². The van der Waals surface area contributed by atoms with Gasteiger partial charge in [0.1, 0.15) is 0 Å². The Labute approximate surface area is 106 Å². The molecule has 0 aromatic carbocycles. The minimum absolute atomic E-state index is 0.632. The first-order chi connectivity index (χ1) is 7.78. The van der Waals surface area contributed by atoms with Crippen LogP contribution in [0.1, 0.15) is 72.6 Å². The van der Waals surface area contributed by atoms with Gasteiger partial charge in [0.25, 0.3) is 5.97 Å². The number of hydrogen-bond donors (Lipinski definition) is 1. The SMILES string of the molecule is CC(=O)O.CC1(C)CCC[C@]2(C)CCCCC12. The molecule has 100 valence electrons. The van der Waals surface area contributed by atoms with E-state index >= 15 is 0 Å². The molecule has 2 atom stereocenters. The van der Waals surface area contributed by atoms with E-state index in [4.69, 9.17) is 9.90 Å². The maximum Gasteiger partial charge on any atom is 0.300 e. The van der Waals surface area contributed by atoms with Crippen molar-refractivity contribution in [2.45, 2.75) is 72.6 Å². The predicted octanol–water partition coefficient (Wildman–Crippen LogP) is 4.48. The van der Waals surface area contributed by atoms with E-state index in [0.29, 0.717) is 10.8 Å². The van der Waals surface area contributed by atoms with E-state index in [1.807, 2.05) is 0 Å². The highest BCUT2D eigenvalue weighted by Gasteiger charge is 2.46. The monoisotopic (exact) mass is 240 g/mol. The molecule has 17 heavy (non-hydrogen) atoms. The lowest BCUT2D eigenvalue weighted by Gasteiger charge is -2.53. The average molecular weight is 240 g/mol. The normalized spacial score (nSPS) is 35.2. The lowest BCUT2D eigenvalue weighted by atomic mass is 9.52. The number of carboxylic acids is 1. The summed E-state index contributed by atoms with van der Waals surface area (Å²) in [7, 11) is 0. The summed E-state index contributed by atoms with van der Waals surface area (Å²) in [5.41, 5.74) is 1.34. The van der Waals surface area contributed by atoms with Gasteiger partial charge in [-0.05, 0) is 42.4 Å². The summed E-state index contributed by atoms with van der Waals surface area (Å²) in [5, 5.41) is 7.42. The second-order valence-electron chi connectivity index (χ2n) is 6.81. The first-order valence-electron chi connectivity index (χ1n) is 6.97. The van der Waals surface area contributed by atoms with Gasteiger partial charge in [-0.1, -0.05) is 40.0 Å².